The maximum absolute atomic E-state index is 3.69. The molecule has 1 aromatic rings. The Bertz CT molecular complexity index is 281. The molecule has 1 aromatic heterocycles. The Labute approximate surface area is 123 Å². The zero-order valence-electron chi connectivity index (χ0n) is 12.8. The molecule has 0 aliphatic rings. The van der Waals surface area contributed by atoms with E-state index in [1.807, 2.05) is 11.3 Å². The predicted molar refractivity (Wildman–Crippen MR) is 88.0 cm³/mol. The maximum Gasteiger partial charge on any atom is 0.0328 e. The lowest BCUT2D eigenvalue weighted by Gasteiger charge is -2.17. The molecule has 0 amide bonds. The van der Waals surface area contributed by atoms with Crippen molar-refractivity contribution < 1.29 is 0 Å². The molecule has 1 unspecified atom stereocenters. The normalized spacial score (nSPS) is 12.7. The van der Waals surface area contributed by atoms with Gasteiger partial charge in [-0.2, -0.15) is 11.3 Å². The standard InChI is InChI=1S/C17H31NS/c1-3-5-6-7-8-9-10-11-17(18-13-4-2)16-12-14-19-15-16/h12,14-15,17-18H,3-11,13H2,1-2H3. The highest BCUT2D eigenvalue weighted by molar-refractivity contribution is 7.07. The van der Waals surface area contributed by atoms with E-state index in [2.05, 4.69) is 36.0 Å². The van der Waals surface area contributed by atoms with Crippen LogP contribution in [0.2, 0.25) is 0 Å². The Balaban J connectivity index is 2.15. The molecule has 2 heteroatoms. The molecule has 1 N–H and O–H groups in total. The van der Waals surface area contributed by atoms with Crippen molar-refractivity contribution in [3.05, 3.63) is 22.4 Å². The Morgan fingerprint density at radius 2 is 1.74 bits per heavy atom. The molecule has 1 atom stereocenters. The summed E-state index contributed by atoms with van der Waals surface area (Å²) in [5.74, 6) is 0. The Morgan fingerprint density at radius 1 is 1.00 bits per heavy atom. The molecular formula is C17H31NS. The van der Waals surface area contributed by atoms with Gasteiger partial charge in [-0.05, 0) is 41.8 Å². The first kappa shape index (κ1) is 16.7. The lowest BCUT2D eigenvalue weighted by atomic mass is 10.0. The summed E-state index contributed by atoms with van der Waals surface area (Å²) in [5, 5.41) is 8.19. The van der Waals surface area contributed by atoms with E-state index < -0.39 is 0 Å². The summed E-state index contributed by atoms with van der Waals surface area (Å²) in [4.78, 5) is 0. The van der Waals surface area contributed by atoms with Crippen LogP contribution in [-0.4, -0.2) is 6.54 Å². The molecule has 1 rings (SSSR count). The smallest absolute Gasteiger partial charge is 0.0328 e. The van der Waals surface area contributed by atoms with Crippen molar-refractivity contribution >= 4 is 11.3 Å². The maximum atomic E-state index is 3.69. The number of hydrogen-bond acceptors (Lipinski definition) is 2. The second-order valence-corrected chi connectivity index (χ2v) is 6.25. The van der Waals surface area contributed by atoms with Gasteiger partial charge in [0.2, 0.25) is 0 Å². The van der Waals surface area contributed by atoms with Crippen LogP contribution in [0.25, 0.3) is 0 Å². The van der Waals surface area contributed by atoms with E-state index >= 15 is 0 Å². The molecule has 0 bridgehead atoms. The molecule has 1 nitrogen and oxygen atoms in total. The largest absolute Gasteiger partial charge is 0.310 e. The van der Waals surface area contributed by atoms with Crippen molar-refractivity contribution in [3.8, 4) is 0 Å². The van der Waals surface area contributed by atoms with Gasteiger partial charge in [-0.3, -0.25) is 0 Å². The molecule has 0 aromatic carbocycles. The number of unbranched alkanes of at least 4 members (excludes halogenated alkanes) is 6. The first-order chi connectivity index (χ1) is 9.38. The average molecular weight is 282 g/mol. The van der Waals surface area contributed by atoms with Crippen LogP contribution >= 0.6 is 11.3 Å². The predicted octanol–water partition coefficient (Wildman–Crippen LogP) is 5.93. The zero-order valence-corrected chi connectivity index (χ0v) is 13.6. The van der Waals surface area contributed by atoms with Crippen molar-refractivity contribution in [2.45, 2.75) is 77.7 Å². The lowest BCUT2D eigenvalue weighted by molar-refractivity contribution is 0.466. The van der Waals surface area contributed by atoms with Crippen molar-refractivity contribution in [3.63, 3.8) is 0 Å². The van der Waals surface area contributed by atoms with Crippen LogP contribution in [0.4, 0.5) is 0 Å². The fraction of sp³-hybridized carbons (Fsp3) is 0.765. The minimum absolute atomic E-state index is 0.585. The third-order valence-electron chi connectivity index (χ3n) is 3.68. The first-order valence-electron chi connectivity index (χ1n) is 8.14. The summed E-state index contributed by atoms with van der Waals surface area (Å²) >= 11 is 1.81. The minimum atomic E-state index is 0.585. The molecule has 0 saturated carbocycles. The van der Waals surface area contributed by atoms with Crippen molar-refractivity contribution in [1.29, 1.82) is 0 Å². The molecular weight excluding hydrogens is 250 g/mol. The molecule has 0 radical (unpaired) electrons. The summed E-state index contributed by atoms with van der Waals surface area (Å²) < 4.78 is 0. The average Bonchev–Trinajstić information content (AvgIpc) is 2.95. The van der Waals surface area contributed by atoms with Gasteiger partial charge in [0.15, 0.2) is 0 Å². The van der Waals surface area contributed by atoms with Gasteiger partial charge in [-0.25, -0.2) is 0 Å². The van der Waals surface area contributed by atoms with Gasteiger partial charge in [0.1, 0.15) is 0 Å². The molecule has 1 heterocycles. The van der Waals surface area contributed by atoms with E-state index in [-0.39, 0.29) is 0 Å². The third kappa shape index (κ3) is 7.74. The Kier molecular flexibility index (Phi) is 10.1. The number of hydrogen-bond donors (Lipinski definition) is 1. The van der Waals surface area contributed by atoms with E-state index in [0.29, 0.717) is 6.04 Å². The molecule has 0 aliphatic heterocycles. The van der Waals surface area contributed by atoms with E-state index in [1.54, 1.807) is 0 Å². The molecule has 0 aliphatic carbocycles. The summed E-state index contributed by atoms with van der Waals surface area (Å²) in [5.41, 5.74) is 1.49. The van der Waals surface area contributed by atoms with Gasteiger partial charge in [-0.1, -0.05) is 58.8 Å². The van der Waals surface area contributed by atoms with Gasteiger partial charge in [0, 0.05) is 6.04 Å². The van der Waals surface area contributed by atoms with Gasteiger partial charge < -0.3 is 5.32 Å². The lowest BCUT2D eigenvalue weighted by Crippen LogP contribution is -2.21. The van der Waals surface area contributed by atoms with Crippen LogP contribution < -0.4 is 5.32 Å². The first-order valence-corrected chi connectivity index (χ1v) is 9.08. The summed E-state index contributed by atoms with van der Waals surface area (Å²) in [6, 6.07) is 2.86. The van der Waals surface area contributed by atoms with Crippen molar-refractivity contribution in [2.24, 2.45) is 0 Å². The summed E-state index contributed by atoms with van der Waals surface area (Å²) in [6.45, 7) is 5.66. The molecule has 0 fully saturated rings. The molecule has 110 valence electrons. The fourth-order valence-corrected chi connectivity index (χ4v) is 3.20. The fourth-order valence-electron chi connectivity index (χ4n) is 2.48. The topological polar surface area (TPSA) is 12.0 Å². The SMILES string of the molecule is CCCCCCCCCC(NCCC)c1ccsc1. The number of thiophene rings is 1. The van der Waals surface area contributed by atoms with Gasteiger partial charge in [-0.15, -0.1) is 0 Å². The molecule has 0 spiro atoms. The van der Waals surface area contributed by atoms with Gasteiger partial charge in [0.05, 0.1) is 0 Å². The monoisotopic (exact) mass is 281 g/mol. The Morgan fingerprint density at radius 3 is 2.37 bits per heavy atom. The van der Waals surface area contributed by atoms with Crippen LogP contribution in [-0.2, 0) is 0 Å². The second-order valence-electron chi connectivity index (χ2n) is 5.47. The molecule has 0 saturated heterocycles. The van der Waals surface area contributed by atoms with Crippen LogP contribution in [0.3, 0.4) is 0 Å². The van der Waals surface area contributed by atoms with Crippen molar-refractivity contribution in [1.82, 2.24) is 5.32 Å². The zero-order chi connectivity index (χ0) is 13.8. The van der Waals surface area contributed by atoms with Gasteiger partial charge in [0.25, 0.3) is 0 Å². The van der Waals surface area contributed by atoms with Crippen molar-refractivity contribution in [2.75, 3.05) is 6.54 Å². The van der Waals surface area contributed by atoms with E-state index in [9.17, 15) is 0 Å². The number of nitrogens with one attached hydrogen (secondary N) is 1. The van der Waals surface area contributed by atoms with Crippen LogP contribution in [0, 0.1) is 0 Å². The highest BCUT2D eigenvalue weighted by Gasteiger charge is 2.10. The Hall–Kier alpha value is -0.340. The van der Waals surface area contributed by atoms with E-state index in [0.717, 1.165) is 6.54 Å². The summed E-state index contributed by atoms with van der Waals surface area (Å²) in [7, 11) is 0. The minimum Gasteiger partial charge on any atom is -0.310 e. The van der Waals surface area contributed by atoms with Crippen LogP contribution in [0.15, 0.2) is 16.8 Å². The molecule has 19 heavy (non-hydrogen) atoms. The summed E-state index contributed by atoms with van der Waals surface area (Å²) in [6.07, 6.45) is 12.3. The number of rotatable bonds is 12. The van der Waals surface area contributed by atoms with E-state index in [4.69, 9.17) is 0 Å². The third-order valence-corrected chi connectivity index (χ3v) is 4.38. The highest BCUT2D eigenvalue weighted by Crippen LogP contribution is 2.22. The van der Waals surface area contributed by atoms with Gasteiger partial charge >= 0.3 is 0 Å². The quantitative estimate of drug-likeness (QED) is 0.468. The van der Waals surface area contributed by atoms with Crippen LogP contribution in [0.1, 0.15) is 83.2 Å². The second kappa shape index (κ2) is 11.5. The van der Waals surface area contributed by atoms with E-state index in [1.165, 1.54) is 63.4 Å². The van der Waals surface area contributed by atoms with Crippen LogP contribution in [0.5, 0.6) is 0 Å². The highest BCUT2D eigenvalue weighted by atomic mass is 32.1.